The van der Waals surface area contributed by atoms with Gasteiger partial charge in [-0.05, 0) is 29.0 Å². The highest BCUT2D eigenvalue weighted by molar-refractivity contribution is 6.35. The van der Waals surface area contributed by atoms with Crippen molar-refractivity contribution in [2.45, 2.75) is 0 Å². The van der Waals surface area contributed by atoms with E-state index in [1.807, 2.05) is 36.4 Å². The van der Waals surface area contributed by atoms with Gasteiger partial charge in [0.25, 0.3) is 0 Å². The molecule has 0 unspecified atom stereocenters. The van der Waals surface area contributed by atoms with Gasteiger partial charge in [0.15, 0.2) is 12.4 Å². The highest BCUT2D eigenvalue weighted by Crippen LogP contribution is 2.27. The van der Waals surface area contributed by atoms with Crippen LogP contribution in [0, 0.1) is 0 Å². The van der Waals surface area contributed by atoms with Crippen LogP contribution >= 0.6 is 23.2 Å². The van der Waals surface area contributed by atoms with E-state index in [1.165, 1.54) is 6.07 Å². The van der Waals surface area contributed by atoms with Crippen molar-refractivity contribution in [3.05, 3.63) is 76.3 Å². The van der Waals surface area contributed by atoms with E-state index in [0.717, 1.165) is 10.8 Å². The van der Waals surface area contributed by atoms with Gasteiger partial charge in [-0.2, -0.15) is 0 Å². The third-order valence-corrected chi connectivity index (χ3v) is 4.08. The van der Waals surface area contributed by atoms with Gasteiger partial charge in [0.05, 0.1) is 5.02 Å². The van der Waals surface area contributed by atoms with Crippen molar-refractivity contribution in [2.75, 3.05) is 6.61 Å². The van der Waals surface area contributed by atoms with Crippen LogP contribution in [0.2, 0.25) is 10.0 Å². The summed E-state index contributed by atoms with van der Waals surface area (Å²) in [7, 11) is 0. The molecule has 0 heterocycles. The van der Waals surface area contributed by atoms with E-state index in [9.17, 15) is 4.79 Å². The molecule has 2 N–H and O–H groups in total. The molecule has 3 aromatic carbocycles. The van der Waals surface area contributed by atoms with Crippen molar-refractivity contribution in [2.24, 2.45) is 10.9 Å². The van der Waals surface area contributed by atoms with Crippen LogP contribution in [-0.2, 0) is 9.63 Å². The summed E-state index contributed by atoms with van der Waals surface area (Å²) in [6, 6.07) is 18.0. The molecule has 0 aliphatic heterocycles. The first-order valence-electron chi connectivity index (χ1n) is 7.64. The molecule has 3 aromatic rings. The molecule has 5 nitrogen and oxygen atoms in total. The first-order valence-corrected chi connectivity index (χ1v) is 8.39. The Bertz CT molecular complexity index is 984. The first kappa shape index (κ1) is 18.0. The fourth-order valence-electron chi connectivity index (χ4n) is 2.35. The average molecular weight is 389 g/mol. The molecular formula is C19H14Cl2N2O3. The fraction of sp³-hybridized carbons (Fsp3) is 0.0526. The number of nitrogens with zero attached hydrogens (tertiary/aromatic N) is 1. The van der Waals surface area contributed by atoms with E-state index in [1.54, 1.807) is 18.2 Å². The zero-order chi connectivity index (χ0) is 18.5. The van der Waals surface area contributed by atoms with Crippen molar-refractivity contribution < 1.29 is 14.4 Å². The van der Waals surface area contributed by atoms with E-state index in [-0.39, 0.29) is 12.4 Å². The number of carbonyl (C=O) groups is 1. The first-order chi connectivity index (χ1) is 12.5. The van der Waals surface area contributed by atoms with Gasteiger partial charge in [-0.15, -0.1) is 0 Å². The zero-order valence-electron chi connectivity index (χ0n) is 13.5. The van der Waals surface area contributed by atoms with Crippen LogP contribution in [0.25, 0.3) is 10.8 Å². The predicted molar refractivity (Wildman–Crippen MR) is 103 cm³/mol. The summed E-state index contributed by atoms with van der Waals surface area (Å²) < 4.78 is 5.29. The number of benzene rings is 3. The van der Waals surface area contributed by atoms with Gasteiger partial charge in [0.2, 0.25) is 0 Å². The van der Waals surface area contributed by atoms with Crippen molar-refractivity contribution in [3.8, 4) is 5.75 Å². The van der Waals surface area contributed by atoms with Gasteiger partial charge < -0.3 is 15.3 Å². The second kappa shape index (κ2) is 8.08. The predicted octanol–water partition coefficient (Wildman–Crippen LogP) is 4.39. The lowest BCUT2D eigenvalue weighted by atomic mass is 10.0. The third kappa shape index (κ3) is 4.25. The van der Waals surface area contributed by atoms with Crippen molar-refractivity contribution in [1.82, 2.24) is 0 Å². The minimum atomic E-state index is -0.709. The van der Waals surface area contributed by atoms with E-state index in [0.29, 0.717) is 21.4 Å². The zero-order valence-corrected chi connectivity index (χ0v) is 15.0. The van der Waals surface area contributed by atoms with Crippen LogP contribution in [0.15, 0.2) is 65.8 Å². The molecule has 0 spiro atoms. The van der Waals surface area contributed by atoms with Crippen LogP contribution in [0.1, 0.15) is 5.56 Å². The Morgan fingerprint density at radius 2 is 1.81 bits per heavy atom. The van der Waals surface area contributed by atoms with Gasteiger partial charge >= 0.3 is 5.97 Å². The second-order valence-electron chi connectivity index (χ2n) is 5.33. The Morgan fingerprint density at radius 3 is 2.62 bits per heavy atom. The lowest BCUT2D eigenvalue weighted by Gasteiger charge is -2.07. The molecule has 7 heteroatoms. The van der Waals surface area contributed by atoms with Gasteiger partial charge in [-0.1, -0.05) is 70.8 Å². The van der Waals surface area contributed by atoms with Crippen LogP contribution in [0.4, 0.5) is 0 Å². The molecule has 0 saturated heterocycles. The van der Waals surface area contributed by atoms with Crippen molar-refractivity contribution in [3.63, 3.8) is 0 Å². The van der Waals surface area contributed by atoms with Gasteiger partial charge in [-0.25, -0.2) is 4.79 Å². The molecular weight excluding hydrogens is 375 g/mol. The quantitative estimate of drug-likeness (QED) is 0.304. The fourth-order valence-corrected chi connectivity index (χ4v) is 2.82. The average Bonchev–Trinajstić information content (AvgIpc) is 2.65. The Kier molecular flexibility index (Phi) is 5.61. The minimum Gasteiger partial charge on any atom is -0.480 e. The number of amidine groups is 1. The number of halogens is 2. The number of carbonyl (C=O) groups excluding carboxylic acids is 1. The highest BCUT2D eigenvalue weighted by atomic mass is 35.5. The summed E-state index contributed by atoms with van der Waals surface area (Å²) in [5, 5.41) is 6.39. The van der Waals surface area contributed by atoms with E-state index in [4.69, 9.17) is 38.5 Å². The normalized spacial score (nSPS) is 11.4. The Hall–Kier alpha value is -2.76. The number of nitrogens with two attached hydrogens (primary N) is 1. The van der Waals surface area contributed by atoms with Crippen LogP contribution in [0.3, 0.4) is 0 Å². The second-order valence-corrected chi connectivity index (χ2v) is 6.17. The van der Waals surface area contributed by atoms with E-state index in [2.05, 4.69) is 5.16 Å². The molecule has 0 aliphatic carbocycles. The SMILES string of the molecule is N/C(=N\OC(=O)COc1ccc(Cl)cc1Cl)c1cccc2ccccc12. The molecule has 0 atom stereocenters. The van der Waals surface area contributed by atoms with Crippen LogP contribution < -0.4 is 10.5 Å². The maximum Gasteiger partial charge on any atom is 0.372 e. The summed E-state index contributed by atoms with van der Waals surface area (Å²) in [6.07, 6.45) is 0. The topological polar surface area (TPSA) is 73.9 Å². The summed E-state index contributed by atoms with van der Waals surface area (Å²) in [4.78, 5) is 16.6. The summed E-state index contributed by atoms with van der Waals surface area (Å²) in [5.74, 6) is -0.294. The Morgan fingerprint density at radius 1 is 1.04 bits per heavy atom. The standard InChI is InChI=1S/C19H14Cl2N2O3/c20-13-8-9-17(16(21)10-13)25-11-18(24)26-23-19(22)15-7-3-5-12-4-1-2-6-14(12)15/h1-10H,11H2,(H2,22,23). The number of hydrogen-bond donors (Lipinski definition) is 1. The minimum absolute atomic E-state index is 0.0969. The molecule has 26 heavy (non-hydrogen) atoms. The van der Waals surface area contributed by atoms with Crippen LogP contribution in [0.5, 0.6) is 5.75 Å². The lowest BCUT2D eigenvalue weighted by Crippen LogP contribution is -2.18. The number of ether oxygens (including phenoxy) is 1. The summed E-state index contributed by atoms with van der Waals surface area (Å²) >= 11 is 11.8. The summed E-state index contributed by atoms with van der Waals surface area (Å²) in [6.45, 7) is -0.367. The lowest BCUT2D eigenvalue weighted by molar-refractivity contribution is -0.146. The monoisotopic (exact) mass is 388 g/mol. The van der Waals surface area contributed by atoms with Gasteiger partial charge in [0.1, 0.15) is 5.75 Å². The Labute approximate surface area is 159 Å². The molecule has 0 fully saturated rings. The molecule has 0 saturated carbocycles. The molecule has 0 aromatic heterocycles. The molecule has 0 amide bonds. The number of fused-ring (bicyclic) bond motifs is 1. The highest BCUT2D eigenvalue weighted by Gasteiger charge is 2.10. The van der Waals surface area contributed by atoms with Crippen molar-refractivity contribution in [1.29, 1.82) is 0 Å². The molecule has 132 valence electrons. The summed E-state index contributed by atoms with van der Waals surface area (Å²) in [5.41, 5.74) is 6.63. The molecule has 0 radical (unpaired) electrons. The van der Waals surface area contributed by atoms with Crippen molar-refractivity contribution >= 4 is 45.8 Å². The third-order valence-electron chi connectivity index (χ3n) is 3.55. The largest absolute Gasteiger partial charge is 0.480 e. The van der Waals surface area contributed by atoms with Gasteiger partial charge in [-0.3, -0.25) is 0 Å². The number of hydrogen-bond acceptors (Lipinski definition) is 4. The Balaban J connectivity index is 1.65. The molecule has 0 aliphatic rings. The van der Waals surface area contributed by atoms with Gasteiger partial charge in [0, 0.05) is 10.6 Å². The maximum absolute atomic E-state index is 11.8. The smallest absolute Gasteiger partial charge is 0.372 e. The molecule has 0 bridgehead atoms. The molecule has 3 rings (SSSR count). The van der Waals surface area contributed by atoms with Crippen LogP contribution in [-0.4, -0.2) is 18.4 Å². The van der Waals surface area contributed by atoms with E-state index >= 15 is 0 Å². The number of rotatable bonds is 5. The maximum atomic E-state index is 11.8. The number of oxime groups is 1. The van der Waals surface area contributed by atoms with E-state index < -0.39 is 5.97 Å².